The smallest absolute Gasteiger partial charge is 0.121 e. The predicted molar refractivity (Wildman–Crippen MR) is 19.4 cm³/mol. The van der Waals surface area contributed by atoms with Crippen molar-refractivity contribution in [1.82, 2.24) is 0 Å². The molecule has 0 fully saturated rings. The number of hydrogen-bond acceptors (Lipinski definition) is 4. The Morgan fingerprint density at radius 1 is 1.17 bits per heavy atom. The standard InChI is InChI=1S/CHClN4/c2-1-3-5-6-4-1/h1H. The van der Waals surface area contributed by atoms with Crippen molar-refractivity contribution in [2.45, 2.75) is 5.62 Å². The Morgan fingerprint density at radius 2 is 1.67 bits per heavy atom. The first-order valence-corrected chi connectivity index (χ1v) is 1.77. The molecule has 1 rings (SSSR count). The topological polar surface area (TPSA) is 49.4 Å². The zero-order chi connectivity index (χ0) is 4.41. The maximum atomic E-state index is 5.19. The van der Waals surface area contributed by atoms with Crippen LogP contribution in [0.2, 0.25) is 0 Å². The second-order valence-corrected chi connectivity index (χ2v) is 1.11. The molecule has 0 atom stereocenters. The summed E-state index contributed by atoms with van der Waals surface area (Å²) in [6.45, 7) is 0. The fraction of sp³-hybridized carbons (Fsp3) is 1.00. The van der Waals surface area contributed by atoms with Crippen LogP contribution in [0.3, 0.4) is 0 Å². The van der Waals surface area contributed by atoms with Crippen LogP contribution in [0, 0.1) is 0 Å². The Hall–Kier alpha value is -0.510. The molecule has 0 spiro atoms. The molecule has 0 saturated carbocycles. The third kappa shape index (κ3) is 0.514. The number of halogens is 1. The molecular formula is CHClN4. The highest BCUT2D eigenvalue weighted by atomic mass is 35.5. The molecule has 32 valence electrons. The summed E-state index contributed by atoms with van der Waals surface area (Å²) in [7, 11) is 0. The minimum Gasteiger partial charge on any atom is -0.121 e. The fourth-order valence-corrected chi connectivity index (χ4v) is 0.233. The van der Waals surface area contributed by atoms with E-state index in [1.54, 1.807) is 0 Å². The van der Waals surface area contributed by atoms with Crippen molar-refractivity contribution in [3.05, 3.63) is 0 Å². The summed E-state index contributed by atoms with van der Waals surface area (Å²) in [6, 6.07) is 0. The molecule has 4 nitrogen and oxygen atoms in total. The van der Waals surface area contributed by atoms with Gasteiger partial charge in [0.25, 0.3) is 5.62 Å². The molecule has 0 amide bonds. The van der Waals surface area contributed by atoms with Gasteiger partial charge in [0.1, 0.15) is 0 Å². The molecule has 0 saturated heterocycles. The van der Waals surface area contributed by atoms with Gasteiger partial charge in [0.2, 0.25) is 0 Å². The average molecular weight is 105 g/mol. The molecule has 0 aromatic carbocycles. The van der Waals surface area contributed by atoms with E-state index in [2.05, 4.69) is 20.7 Å². The third-order valence-corrected chi connectivity index (χ3v) is 0.508. The predicted octanol–water partition coefficient (Wildman–Crippen LogP) is 1.34. The second kappa shape index (κ2) is 1.30. The van der Waals surface area contributed by atoms with Crippen LogP contribution >= 0.6 is 11.6 Å². The molecule has 0 radical (unpaired) electrons. The lowest BCUT2D eigenvalue weighted by molar-refractivity contribution is 0.955. The van der Waals surface area contributed by atoms with Crippen LogP contribution in [-0.4, -0.2) is 5.62 Å². The van der Waals surface area contributed by atoms with Crippen molar-refractivity contribution in [2.24, 2.45) is 20.7 Å². The first kappa shape index (κ1) is 3.67. The van der Waals surface area contributed by atoms with Crippen LogP contribution in [0.25, 0.3) is 0 Å². The summed E-state index contributed by atoms with van der Waals surface area (Å²) in [6.07, 6.45) is 0. The Labute approximate surface area is 38.9 Å². The number of alkyl halides is 1. The lowest BCUT2D eigenvalue weighted by Gasteiger charge is -1.74. The first-order valence-electron chi connectivity index (χ1n) is 1.33. The van der Waals surface area contributed by atoms with Gasteiger partial charge in [0, 0.05) is 0 Å². The van der Waals surface area contributed by atoms with Gasteiger partial charge >= 0.3 is 0 Å². The molecule has 1 aliphatic rings. The van der Waals surface area contributed by atoms with E-state index >= 15 is 0 Å². The molecule has 6 heavy (non-hydrogen) atoms. The molecule has 0 unspecified atom stereocenters. The normalized spacial score (nSPS) is 20.2. The summed E-state index contributed by atoms with van der Waals surface area (Å²) >= 11 is 5.19. The van der Waals surface area contributed by atoms with Gasteiger partial charge < -0.3 is 0 Å². The van der Waals surface area contributed by atoms with Crippen LogP contribution in [0.15, 0.2) is 20.7 Å². The van der Waals surface area contributed by atoms with Gasteiger partial charge in [-0.2, -0.15) is 0 Å². The molecule has 1 aliphatic heterocycles. The maximum absolute atomic E-state index is 5.19. The molecule has 0 bridgehead atoms. The van der Waals surface area contributed by atoms with E-state index in [4.69, 9.17) is 11.6 Å². The summed E-state index contributed by atoms with van der Waals surface area (Å²) in [5.74, 6) is 0. The fourth-order valence-electron chi connectivity index (χ4n) is 0.155. The second-order valence-electron chi connectivity index (χ2n) is 0.720. The first-order chi connectivity index (χ1) is 2.89. The molecular weight excluding hydrogens is 103 g/mol. The van der Waals surface area contributed by atoms with E-state index in [0.29, 0.717) is 0 Å². The van der Waals surface area contributed by atoms with Crippen LogP contribution in [0.5, 0.6) is 0 Å². The van der Waals surface area contributed by atoms with Gasteiger partial charge in [0.15, 0.2) is 0 Å². The van der Waals surface area contributed by atoms with E-state index in [-0.39, 0.29) is 0 Å². The highest BCUT2D eigenvalue weighted by molar-refractivity contribution is 6.20. The summed E-state index contributed by atoms with van der Waals surface area (Å²) in [5.41, 5.74) is -0.565. The largest absolute Gasteiger partial charge is 0.258 e. The van der Waals surface area contributed by atoms with Gasteiger partial charge in [-0.15, -0.1) is 10.2 Å². The Bertz CT molecular complexity index is 83.7. The Morgan fingerprint density at radius 3 is 1.83 bits per heavy atom. The quantitative estimate of drug-likeness (QED) is 0.329. The van der Waals surface area contributed by atoms with Crippen molar-refractivity contribution in [3.63, 3.8) is 0 Å². The Kier molecular flexibility index (Phi) is 0.795. The SMILES string of the molecule is ClC1N=NN=N1. The number of hydrogen-bond donors (Lipinski definition) is 0. The van der Waals surface area contributed by atoms with Crippen molar-refractivity contribution in [2.75, 3.05) is 0 Å². The van der Waals surface area contributed by atoms with Gasteiger partial charge in [-0.25, -0.2) is 0 Å². The van der Waals surface area contributed by atoms with Crippen molar-refractivity contribution in [3.8, 4) is 0 Å². The van der Waals surface area contributed by atoms with E-state index in [0.717, 1.165) is 0 Å². The molecule has 0 aromatic heterocycles. The monoisotopic (exact) mass is 104 g/mol. The zero-order valence-corrected chi connectivity index (χ0v) is 3.50. The number of rotatable bonds is 0. The third-order valence-electron chi connectivity index (χ3n) is 0.334. The van der Waals surface area contributed by atoms with Crippen LogP contribution in [0.1, 0.15) is 0 Å². The zero-order valence-electron chi connectivity index (χ0n) is 2.74. The van der Waals surface area contributed by atoms with Gasteiger partial charge in [-0.1, -0.05) is 11.6 Å². The molecule has 5 heteroatoms. The molecule has 0 aliphatic carbocycles. The van der Waals surface area contributed by atoms with Crippen molar-refractivity contribution < 1.29 is 0 Å². The van der Waals surface area contributed by atoms with Crippen molar-refractivity contribution >= 4 is 11.6 Å². The van der Waals surface area contributed by atoms with E-state index in [9.17, 15) is 0 Å². The average Bonchev–Trinajstić information content (AvgIpc) is 1.86. The molecule has 0 N–H and O–H groups in total. The van der Waals surface area contributed by atoms with E-state index < -0.39 is 5.62 Å². The highest BCUT2D eigenvalue weighted by Gasteiger charge is 1.99. The van der Waals surface area contributed by atoms with Gasteiger partial charge in [0.05, 0.1) is 0 Å². The Balaban J connectivity index is 2.60. The highest BCUT2D eigenvalue weighted by Crippen LogP contribution is 2.06. The lowest BCUT2D eigenvalue weighted by atomic mass is 11.2. The van der Waals surface area contributed by atoms with Crippen LogP contribution in [-0.2, 0) is 0 Å². The van der Waals surface area contributed by atoms with Crippen LogP contribution < -0.4 is 0 Å². The maximum Gasteiger partial charge on any atom is 0.258 e. The minimum absolute atomic E-state index is 0.565. The van der Waals surface area contributed by atoms with E-state index in [1.165, 1.54) is 0 Å². The molecule has 0 aromatic rings. The summed E-state index contributed by atoms with van der Waals surface area (Å²) in [4.78, 5) is 0. The minimum atomic E-state index is -0.565. The summed E-state index contributed by atoms with van der Waals surface area (Å²) < 4.78 is 0. The van der Waals surface area contributed by atoms with E-state index in [1.807, 2.05) is 0 Å². The molecule has 1 heterocycles. The van der Waals surface area contributed by atoms with Crippen molar-refractivity contribution in [1.29, 1.82) is 0 Å². The lowest BCUT2D eigenvalue weighted by Crippen LogP contribution is -1.75. The number of nitrogens with zero attached hydrogens (tertiary/aromatic N) is 4. The summed E-state index contributed by atoms with van der Waals surface area (Å²) in [5, 5.41) is 12.8. The van der Waals surface area contributed by atoms with Crippen LogP contribution in [0.4, 0.5) is 0 Å². The van der Waals surface area contributed by atoms with Gasteiger partial charge in [-0.05, 0) is 10.4 Å². The van der Waals surface area contributed by atoms with Gasteiger partial charge in [-0.3, -0.25) is 0 Å².